The van der Waals surface area contributed by atoms with Gasteiger partial charge in [0.15, 0.2) is 0 Å². The first kappa shape index (κ1) is 11.9. The molecule has 0 amide bonds. The lowest BCUT2D eigenvalue weighted by Gasteiger charge is -2.12. The Hall–Kier alpha value is -1.57. The Kier molecular flexibility index (Phi) is 3.62. The van der Waals surface area contributed by atoms with Gasteiger partial charge in [-0.2, -0.15) is 0 Å². The van der Waals surface area contributed by atoms with Crippen molar-refractivity contribution in [2.45, 2.75) is 6.10 Å². The monoisotopic (exact) mass is 244 g/mol. The lowest BCUT2D eigenvalue weighted by molar-refractivity contribution is 0.229. The summed E-state index contributed by atoms with van der Waals surface area (Å²) in [5.41, 5.74) is 2.88. The summed E-state index contributed by atoms with van der Waals surface area (Å²) in [6.45, 7) is 3.61. The Morgan fingerprint density at radius 1 is 1.06 bits per heavy atom. The maximum absolute atomic E-state index is 9.88. The predicted molar refractivity (Wildman–Crippen MR) is 72.0 cm³/mol. The van der Waals surface area contributed by atoms with Crippen LogP contribution < -0.4 is 0 Å². The topological polar surface area (TPSA) is 20.2 Å². The van der Waals surface area contributed by atoms with Crippen LogP contribution in [0.4, 0.5) is 0 Å². The van der Waals surface area contributed by atoms with Crippen LogP contribution in [0.25, 0.3) is 11.1 Å². The lowest BCUT2D eigenvalue weighted by atomic mass is 9.96. The summed E-state index contributed by atoms with van der Waals surface area (Å²) in [5.74, 6) is 0. The van der Waals surface area contributed by atoms with Crippen molar-refractivity contribution in [3.63, 3.8) is 0 Å². The van der Waals surface area contributed by atoms with Crippen molar-refractivity contribution in [1.82, 2.24) is 0 Å². The summed E-state index contributed by atoms with van der Waals surface area (Å²) in [4.78, 5) is 0. The summed E-state index contributed by atoms with van der Waals surface area (Å²) in [6, 6.07) is 15.3. The van der Waals surface area contributed by atoms with E-state index in [9.17, 15) is 5.11 Å². The maximum atomic E-state index is 9.88. The van der Waals surface area contributed by atoms with Crippen LogP contribution in [0.15, 0.2) is 61.2 Å². The fourth-order valence-electron chi connectivity index (χ4n) is 1.77. The van der Waals surface area contributed by atoms with Gasteiger partial charge in [0.05, 0.1) is 6.10 Å². The number of benzene rings is 2. The standard InChI is InChI=1S/C15H13ClO/c1-2-15(17)14-6-4-3-5-13(14)11-7-9-12(16)10-8-11/h2-10,15,17H,1H2. The second-order valence-electron chi connectivity index (χ2n) is 3.77. The molecule has 0 bridgehead atoms. The fourth-order valence-corrected chi connectivity index (χ4v) is 1.90. The maximum Gasteiger partial charge on any atom is 0.0975 e. The van der Waals surface area contributed by atoms with Crippen LogP contribution in [0.3, 0.4) is 0 Å². The van der Waals surface area contributed by atoms with Gasteiger partial charge >= 0.3 is 0 Å². The molecule has 17 heavy (non-hydrogen) atoms. The molecule has 1 unspecified atom stereocenters. The zero-order valence-corrected chi connectivity index (χ0v) is 10.1. The first-order valence-corrected chi connectivity index (χ1v) is 5.75. The van der Waals surface area contributed by atoms with Gasteiger partial charge in [-0.15, -0.1) is 6.58 Å². The van der Waals surface area contributed by atoms with Gasteiger partial charge in [-0.25, -0.2) is 0 Å². The van der Waals surface area contributed by atoms with E-state index < -0.39 is 6.10 Å². The van der Waals surface area contributed by atoms with Crippen LogP contribution in [0, 0.1) is 0 Å². The van der Waals surface area contributed by atoms with Gasteiger partial charge in [-0.05, 0) is 28.8 Å². The van der Waals surface area contributed by atoms with Crippen LogP contribution >= 0.6 is 11.6 Å². The van der Waals surface area contributed by atoms with Gasteiger partial charge in [0.1, 0.15) is 0 Å². The highest BCUT2D eigenvalue weighted by molar-refractivity contribution is 6.30. The second kappa shape index (κ2) is 5.17. The smallest absolute Gasteiger partial charge is 0.0975 e. The molecule has 2 heteroatoms. The van der Waals surface area contributed by atoms with Gasteiger partial charge in [0, 0.05) is 5.02 Å². The molecule has 0 heterocycles. The molecule has 0 aliphatic heterocycles. The molecular weight excluding hydrogens is 232 g/mol. The largest absolute Gasteiger partial charge is 0.384 e. The molecule has 2 rings (SSSR count). The highest BCUT2D eigenvalue weighted by Gasteiger charge is 2.09. The molecule has 1 N–H and O–H groups in total. The Morgan fingerprint density at radius 3 is 2.35 bits per heavy atom. The Morgan fingerprint density at radius 2 is 1.71 bits per heavy atom. The summed E-state index contributed by atoms with van der Waals surface area (Å²) >= 11 is 5.86. The van der Waals surface area contributed by atoms with Crippen molar-refractivity contribution in [1.29, 1.82) is 0 Å². The number of aliphatic hydroxyl groups is 1. The molecule has 0 aromatic heterocycles. The highest BCUT2D eigenvalue weighted by Crippen LogP contribution is 2.29. The Balaban J connectivity index is 2.51. The Labute approximate surface area is 106 Å². The predicted octanol–water partition coefficient (Wildman–Crippen LogP) is 4.23. The molecule has 0 aliphatic carbocycles. The molecule has 0 spiro atoms. The molecule has 0 aliphatic rings. The molecule has 1 atom stereocenters. The second-order valence-corrected chi connectivity index (χ2v) is 4.21. The quantitative estimate of drug-likeness (QED) is 0.802. The molecule has 0 fully saturated rings. The van der Waals surface area contributed by atoms with Gasteiger partial charge in [0.25, 0.3) is 0 Å². The molecule has 0 radical (unpaired) electrons. The zero-order valence-electron chi connectivity index (χ0n) is 9.31. The van der Waals surface area contributed by atoms with E-state index in [1.165, 1.54) is 6.08 Å². The van der Waals surface area contributed by atoms with Crippen molar-refractivity contribution < 1.29 is 5.11 Å². The SMILES string of the molecule is C=CC(O)c1ccccc1-c1ccc(Cl)cc1. The van der Waals surface area contributed by atoms with Crippen LogP contribution in [0.5, 0.6) is 0 Å². The van der Waals surface area contributed by atoms with Gasteiger partial charge in [0.2, 0.25) is 0 Å². The van der Waals surface area contributed by atoms with E-state index in [1.807, 2.05) is 48.5 Å². The average Bonchev–Trinajstić information content (AvgIpc) is 2.39. The minimum atomic E-state index is -0.651. The lowest BCUT2D eigenvalue weighted by Crippen LogP contribution is -1.95. The van der Waals surface area contributed by atoms with Crippen molar-refractivity contribution in [3.8, 4) is 11.1 Å². The van der Waals surface area contributed by atoms with Crippen molar-refractivity contribution in [2.24, 2.45) is 0 Å². The minimum absolute atomic E-state index is 0.651. The first-order valence-electron chi connectivity index (χ1n) is 5.38. The van der Waals surface area contributed by atoms with Crippen molar-refractivity contribution in [2.75, 3.05) is 0 Å². The van der Waals surface area contributed by atoms with Gasteiger partial charge in [-0.1, -0.05) is 54.1 Å². The van der Waals surface area contributed by atoms with Gasteiger partial charge in [-0.3, -0.25) is 0 Å². The summed E-state index contributed by atoms with van der Waals surface area (Å²) in [6.07, 6.45) is 0.872. The van der Waals surface area contributed by atoms with E-state index in [0.29, 0.717) is 5.02 Å². The van der Waals surface area contributed by atoms with E-state index in [4.69, 9.17) is 11.6 Å². The normalized spacial score (nSPS) is 12.1. The highest BCUT2D eigenvalue weighted by atomic mass is 35.5. The first-order chi connectivity index (χ1) is 8.22. The van der Waals surface area contributed by atoms with E-state index in [0.717, 1.165) is 16.7 Å². The third kappa shape index (κ3) is 2.57. The molecule has 2 aromatic carbocycles. The summed E-state index contributed by atoms with van der Waals surface area (Å²) in [5, 5.41) is 10.6. The van der Waals surface area contributed by atoms with E-state index >= 15 is 0 Å². The van der Waals surface area contributed by atoms with Crippen LogP contribution in [0.1, 0.15) is 11.7 Å². The molecular formula is C15H13ClO. The van der Waals surface area contributed by atoms with E-state index in [1.54, 1.807) is 0 Å². The van der Waals surface area contributed by atoms with Crippen LogP contribution in [-0.2, 0) is 0 Å². The number of hydrogen-bond donors (Lipinski definition) is 1. The summed E-state index contributed by atoms with van der Waals surface area (Å²) < 4.78 is 0. The minimum Gasteiger partial charge on any atom is -0.384 e. The van der Waals surface area contributed by atoms with Crippen molar-refractivity contribution >= 4 is 11.6 Å². The third-order valence-corrected chi connectivity index (χ3v) is 2.91. The third-order valence-electron chi connectivity index (χ3n) is 2.66. The van der Waals surface area contributed by atoms with Crippen molar-refractivity contribution in [3.05, 3.63) is 71.8 Å². The fraction of sp³-hybridized carbons (Fsp3) is 0.0667. The Bertz CT molecular complexity index is 517. The van der Waals surface area contributed by atoms with E-state index in [-0.39, 0.29) is 0 Å². The molecule has 0 saturated heterocycles. The van der Waals surface area contributed by atoms with Crippen LogP contribution in [-0.4, -0.2) is 5.11 Å². The number of halogens is 1. The molecule has 0 saturated carbocycles. The number of rotatable bonds is 3. The molecule has 86 valence electrons. The van der Waals surface area contributed by atoms with Crippen LogP contribution in [0.2, 0.25) is 5.02 Å². The zero-order chi connectivity index (χ0) is 12.3. The van der Waals surface area contributed by atoms with E-state index in [2.05, 4.69) is 6.58 Å². The van der Waals surface area contributed by atoms with Gasteiger partial charge < -0.3 is 5.11 Å². The average molecular weight is 245 g/mol. The molecule has 1 nitrogen and oxygen atoms in total. The number of hydrogen-bond acceptors (Lipinski definition) is 1. The number of aliphatic hydroxyl groups excluding tert-OH is 1. The summed E-state index contributed by atoms with van der Waals surface area (Å²) in [7, 11) is 0. The molecule has 2 aromatic rings.